The maximum Gasteiger partial charge on any atom is 0.471 e. The van der Waals surface area contributed by atoms with E-state index in [9.17, 15) is 22.8 Å². The van der Waals surface area contributed by atoms with Crippen LogP contribution in [0.1, 0.15) is 0 Å². The molecule has 0 radical (unpaired) electrons. The van der Waals surface area contributed by atoms with E-state index >= 15 is 0 Å². The van der Waals surface area contributed by atoms with E-state index in [1.165, 1.54) is 7.05 Å². The molecule has 16 heavy (non-hydrogen) atoms. The Morgan fingerprint density at radius 1 is 1.50 bits per heavy atom. The van der Waals surface area contributed by atoms with Gasteiger partial charge in [0, 0.05) is 26.3 Å². The molecule has 0 saturated heterocycles. The number of carbonyl (C=O) groups excluding carboxylic acids is 2. The van der Waals surface area contributed by atoms with Gasteiger partial charge in [0.15, 0.2) is 0 Å². The second kappa shape index (κ2) is 4.42. The third-order valence-corrected chi connectivity index (χ3v) is 1.96. The van der Waals surface area contributed by atoms with E-state index in [-0.39, 0.29) is 18.8 Å². The van der Waals surface area contributed by atoms with Crippen LogP contribution in [0.5, 0.6) is 0 Å². The number of nitrogens with one attached hydrogen (secondary N) is 2. The minimum absolute atomic E-state index is 0.169. The van der Waals surface area contributed by atoms with E-state index in [1.54, 1.807) is 0 Å². The fourth-order valence-corrected chi connectivity index (χ4v) is 1.22. The Morgan fingerprint density at radius 2 is 2.12 bits per heavy atom. The molecule has 1 aliphatic heterocycles. The van der Waals surface area contributed by atoms with Gasteiger partial charge in [-0.05, 0) is 0 Å². The molecule has 0 aliphatic carbocycles. The number of alkyl halides is 3. The molecule has 5 nitrogen and oxygen atoms in total. The van der Waals surface area contributed by atoms with Crippen LogP contribution in [0.15, 0.2) is 11.9 Å². The van der Waals surface area contributed by atoms with E-state index in [1.807, 2.05) is 0 Å². The normalized spacial score (nSPS) is 16.2. The van der Waals surface area contributed by atoms with Crippen molar-refractivity contribution in [2.45, 2.75) is 6.18 Å². The van der Waals surface area contributed by atoms with Crippen molar-refractivity contribution in [2.75, 3.05) is 20.1 Å². The molecule has 2 N–H and O–H groups in total. The smallest absolute Gasteiger partial charge is 0.387 e. The highest BCUT2D eigenvalue weighted by molar-refractivity contribution is 5.98. The SMILES string of the molecule is CNC(=O)C1=CNCCN1C(=O)C(F)(F)F. The molecule has 90 valence electrons. The largest absolute Gasteiger partial charge is 0.471 e. The molecule has 0 atom stereocenters. The first-order valence-electron chi connectivity index (χ1n) is 4.42. The number of halogens is 3. The Labute approximate surface area is 89.3 Å². The monoisotopic (exact) mass is 237 g/mol. The van der Waals surface area contributed by atoms with Gasteiger partial charge in [-0.25, -0.2) is 0 Å². The van der Waals surface area contributed by atoms with Gasteiger partial charge < -0.3 is 10.6 Å². The van der Waals surface area contributed by atoms with E-state index in [0.717, 1.165) is 6.20 Å². The Bertz CT molecular complexity index is 338. The average molecular weight is 237 g/mol. The zero-order chi connectivity index (χ0) is 12.3. The number of carbonyl (C=O) groups is 2. The Hall–Kier alpha value is -1.73. The minimum Gasteiger partial charge on any atom is -0.387 e. The molecule has 0 saturated carbocycles. The van der Waals surface area contributed by atoms with E-state index in [2.05, 4.69) is 10.6 Å². The zero-order valence-corrected chi connectivity index (χ0v) is 8.39. The molecule has 0 aromatic heterocycles. The number of rotatable bonds is 1. The van der Waals surface area contributed by atoms with Gasteiger partial charge in [-0.1, -0.05) is 0 Å². The van der Waals surface area contributed by atoms with Gasteiger partial charge >= 0.3 is 12.1 Å². The molecule has 2 amide bonds. The first-order chi connectivity index (χ1) is 7.38. The highest BCUT2D eigenvalue weighted by atomic mass is 19.4. The van der Waals surface area contributed by atoms with Crippen molar-refractivity contribution in [3.8, 4) is 0 Å². The second-order valence-electron chi connectivity index (χ2n) is 3.02. The summed E-state index contributed by atoms with van der Waals surface area (Å²) in [7, 11) is 1.27. The number of nitrogens with zero attached hydrogens (tertiary/aromatic N) is 1. The van der Waals surface area contributed by atoms with E-state index < -0.39 is 18.0 Å². The van der Waals surface area contributed by atoms with Crippen LogP contribution in [0.25, 0.3) is 0 Å². The summed E-state index contributed by atoms with van der Waals surface area (Å²) in [5, 5.41) is 4.76. The fourth-order valence-electron chi connectivity index (χ4n) is 1.22. The van der Waals surface area contributed by atoms with Crippen LogP contribution in [0.3, 0.4) is 0 Å². The van der Waals surface area contributed by atoms with Gasteiger partial charge in [0.1, 0.15) is 5.70 Å². The summed E-state index contributed by atoms with van der Waals surface area (Å²) in [6.45, 7) is -0.0279. The fraction of sp³-hybridized carbons (Fsp3) is 0.500. The molecule has 0 unspecified atom stereocenters. The summed E-state index contributed by atoms with van der Waals surface area (Å²) in [4.78, 5) is 22.6. The van der Waals surface area contributed by atoms with Gasteiger partial charge in [0.05, 0.1) is 0 Å². The Morgan fingerprint density at radius 3 is 2.62 bits per heavy atom. The molecule has 0 bridgehead atoms. The highest BCUT2D eigenvalue weighted by Crippen LogP contribution is 2.21. The van der Waals surface area contributed by atoms with Crippen molar-refractivity contribution in [3.63, 3.8) is 0 Å². The van der Waals surface area contributed by atoms with Gasteiger partial charge in [0.25, 0.3) is 5.91 Å². The third-order valence-electron chi connectivity index (χ3n) is 1.96. The lowest BCUT2D eigenvalue weighted by Gasteiger charge is -2.28. The van der Waals surface area contributed by atoms with Crippen LogP contribution < -0.4 is 10.6 Å². The summed E-state index contributed by atoms with van der Waals surface area (Å²) in [5.41, 5.74) is -0.337. The van der Waals surface area contributed by atoms with Crippen LogP contribution in [0.2, 0.25) is 0 Å². The number of amides is 2. The second-order valence-corrected chi connectivity index (χ2v) is 3.02. The predicted octanol–water partition coefficient (Wildman–Crippen LogP) is -0.432. The van der Waals surface area contributed by atoms with Crippen molar-refractivity contribution in [1.29, 1.82) is 0 Å². The summed E-state index contributed by atoms with van der Waals surface area (Å²) in [6, 6.07) is 0. The molecular weight excluding hydrogens is 227 g/mol. The van der Waals surface area contributed by atoms with Gasteiger partial charge in [-0.15, -0.1) is 0 Å². The standard InChI is InChI=1S/C8H10F3N3O2/c1-12-6(15)5-4-13-2-3-14(5)7(16)8(9,10)11/h4,13H,2-3H2,1H3,(H,12,15). The van der Waals surface area contributed by atoms with Crippen LogP contribution in [0.4, 0.5) is 13.2 Å². The molecule has 1 rings (SSSR count). The Balaban J connectivity index is 2.94. The van der Waals surface area contributed by atoms with Crippen LogP contribution in [-0.2, 0) is 9.59 Å². The van der Waals surface area contributed by atoms with Gasteiger partial charge in [0.2, 0.25) is 0 Å². The molecule has 8 heteroatoms. The summed E-state index contributed by atoms with van der Waals surface area (Å²) < 4.78 is 36.6. The quantitative estimate of drug-likeness (QED) is 0.650. The van der Waals surface area contributed by atoms with E-state index in [0.29, 0.717) is 4.90 Å². The molecule has 1 aliphatic rings. The lowest BCUT2D eigenvalue weighted by molar-refractivity contribution is -0.183. The molecular formula is C8H10F3N3O2. The topological polar surface area (TPSA) is 61.4 Å². The molecule has 0 aromatic carbocycles. The van der Waals surface area contributed by atoms with Crippen molar-refractivity contribution in [1.82, 2.24) is 15.5 Å². The zero-order valence-electron chi connectivity index (χ0n) is 8.39. The van der Waals surface area contributed by atoms with Crippen molar-refractivity contribution in [2.24, 2.45) is 0 Å². The van der Waals surface area contributed by atoms with E-state index in [4.69, 9.17) is 0 Å². The van der Waals surface area contributed by atoms with Crippen molar-refractivity contribution in [3.05, 3.63) is 11.9 Å². The summed E-state index contributed by atoms with van der Waals surface area (Å²) in [5.74, 6) is -2.78. The van der Waals surface area contributed by atoms with Crippen LogP contribution >= 0.6 is 0 Å². The van der Waals surface area contributed by atoms with Gasteiger partial charge in [-0.2, -0.15) is 13.2 Å². The molecule has 0 fully saturated rings. The summed E-state index contributed by atoms with van der Waals surface area (Å²) in [6.07, 6.45) is -3.89. The van der Waals surface area contributed by atoms with Crippen LogP contribution in [0, 0.1) is 0 Å². The average Bonchev–Trinajstić information content (AvgIpc) is 2.25. The number of hydrogen-bond donors (Lipinski definition) is 2. The predicted molar refractivity (Wildman–Crippen MR) is 47.9 cm³/mol. The first kappa shape index (κ1) is 12.3. The molecule has 0 aromatic rings. The molecule has 1 heterocycles. The van der Waals surface area contributed by atoms with Gasteiger partial charge in [-0.3, -0.25) is 14.5 Å². The van der Waals surface area contributed by atoms with Crippen molar-refractivity contribution < 1.29 is 22.8 Å². The maximum atomic E-state index is 12.2. The Kier molecular flexibility index (Phi) is 3.41. The van der Waals surface area contributed by atoms with Crippen molar-refractivity contribution >= 4 is 11.8 Å². The first-order valence-corrected chi connectivity index (χ1v) is 4.42. The molecule has 0 spiro atoms. The lowest BCUT2D eigenvalue weighted by Crippen LogP contribution is -2.49. The number of hydrogen-bond acceptors (Lipinski definition) is 3. The van der Waals surface area contributed by atoms with Crippen LogP contribution in [-0.4, -0.2) is 43.0 Å². The summed E-state index contributed by atoms with van der Waals surface area (Å²) >= 11 is 0. The number of likely N-dealkylation sites (N-methyl/N-ethyl adjacent to an activating group) is 1. The third kappa shape index (κ3) is 2.44. The highest BCUT2D eigenvalue weighted by Gasteiger charge is 2.44. The lowest BCUT2D eigenvalue weighted by atomic mass is 10.3. The minimum atomic E-state index is -4.98. The maximum absolute atomic E-state index is 12.2.